The Morgan fingerprint density at radius 1 is 1.03 bits per heavy atom. The first-order valence-corrected chi connectivity index (χ1v) is 12.8. The van der Waals surface area contributed by atoms with E-state index in [0.717, 1.165) is 16.7 Å². The number of carbonyl (C=O) groups excluding carboxylic acids is 1. The molecule has 0 aliphatic carbocycles. The zero-order chi connectivity index (χ0) is 24.6. The second kappa shape index (κ2) is 9.31. The number of hydrogen-bond donors (Lipinski definition) is 1. The number of carbonyl (C=O) groups is 1. The summed E-state index contributed by atoms with van der Waals surface area (Å²) in [5.74, 6) is -0.107. The summed E-state index contributed by atoms with van der Waals surface area (Å²) >= 11 is 6.16. The molecular formula is C26H27ClN2O4S. The van der Waals surface area contributed by atoms with Crippen molar-refractivity contribution in [2.45, 2.75) is 44.7 Å². The van der Waals surface area contributed by atoms with Crippen LogP contribution in [0, 0.1) is 20.8 Å². The molecule has 6 nitrogen and oxygen atoms in total. The van der Waals surface area contributed by atoms with E-state index in [1.807, 2.05) is 20.8 Å². The molecule has 3 aromatic rings. The van der Waals surface area contributed by atoms with Crippen molar-refractivity contribution in [3.05, 3.63) is 87.9 Å². The number of halogens is 1. The van der Waals surface area contributed by atoms with Crippen molar-refractivity contribution in [3.8, 4) is 5.75 Å². The molecule has 1 aliphatic heterocycles. The summed E-state index contributed by atoms with van der Waals surface area (Å²) in [5.41, 5.74) is 4.72. The molecule has 1 N–H and O–H groups in total. The summed E-state index contributed by atoms with van der Waals surface area (Å²) < 4.78 is 34.1. The van der Waals surface area contributed by atoms with E-state index in [1.165, 1.54) is 28.1 Å². The van der Waals surface area contributed by atoms with Crippen LogP contribution in [0.2, 0.25) is 5.02 Å². The fourth-order valence-corrected chi connectivity index (χ4v) is 5.80. The monoisotopic (exact) mass is 498 g/mol. The van der Waals surface area contributed by atoms with Crippen molar-refractivity contribution in [1.82, 2.24) is 5.32 Å². The maximum absolute atomic E-state index is 13.5. The van der Waals surface area contributed by atoms with Gasteiger partial charge in [0, 0.05) is 5.02 Å². The third-order valence-corrected chi connectivity index (χ3v) is 8.15. The lowest BCUT2D eigenvalue weighted by Crippen LogP contribution is -2.51. The number of amides is 1. The van der Waals surface area contributed by atoms with Gasteiger partial charge < -0.3 is 10.1 Å². The van der Waals surface area contributed by atoms with Gasteiger partial charge in [-0.3, -0.25) is 9.10 Å². The van der Waals surface area contributed by atoms with Crippen LogP contribution in [0.4, 0.5) is 5.69 Å². The minimum absolute atomic E-state index is 0.126. The summed E-state index contributed by atoms with van der Waals surface area (Å²) in [5, 5.41) is 3.37. The molecule has 1 heterocycles. The maximum Gasteiger partial charge on any atom is 0.264 e. The summed E-state index contributed by atoms with van der Waals surface area (Å²) in [7, 11) is -3.94. The largest absolute Gasteiger partial charge is 0.476 e. The number of fused-ring (bicyclic) bond motifs is 1. The van der Waals surface area contributed by atoms with Gasteiger partial charge in [-0.1, -0.05) is 41.9 Å². The van der Waals surface area contributed by atoms with Crippen molar-refractivity contribution in [2.24, 2.45) is 0 Å². The molecule has 4 rings (SSSR count). The molecule has 0 radical (unpaired) electrons. The van der Waals surface area contributed by atoms with Gasteiger partial charge in [0.2, 0.25) is 0 Å². The molecule has 0 aromatic heterocycles. The summed E-state index contributed by atoms with van der Waals surface area (Å²) in [4.78, 5) is 13.4. The lowest BCUT2D eigenvalue weighted by molar-refractivity contribution is -0.128. The van der Waals surface area contributed by atoms with E-state index in [0.29, 0.717) is 10.7 Å². The lowest BCUT2D eigenvalue weighted by atomic mass is 9.96. The average molecular weight is 499 g/mol. The molecule has 3 aromatic carbocycles. The fourth-order valence-electron chi connectivity index (χ4n) is 4.14. The molecule has 0 spiro atoms. The van der Waals surface area contributed by atoms with E-state index in [4.69, 9.17) is 16.3 Å². The van der Waals surface area contributed by atoms with E-state index in [1.54, 1.807) is 30.3 Å². The molecular weight excluding hydrogens is 472 g/mol. The van der Waals surface area contributed by atoms with Gasteiger partial charge in [-0.25, -0.2) is 8.42 Å². The van der Waals surface area contributed by atoms with E-state index in [2.05, 4.69) is 24.4 Å². The second-order valence-electron chi connectivity index (χ2n) is 8.59. The standard InChI is InChI=1S/C26H27ClN2O4S/c1-16-12-18(3)22(13-17(16)2)19(4)28-26(30)25-15-29(23-14-20(27)10-11-24(23)33-25)34(31,32)21-8-6-5-7-9-21/h5-14,19,25H,15H2,1-4H3,(H,28,30). The van der Waals surface area contributed by atoms with Crippen LogP contribution >= 0.6 is 11.6 Å². The predicted molar refractivity (Wildman–Crippen MR) is 134 cm³/mol. The van der Waals surface area contributed by atoms with Crippen molar-refractivity contribution < 1.29 is 17.9 Å². The summed E-state index contributed by atoms with van der Waals surface area (Å²) in [6, 6.07) is 16.7. The average Bonchev–Trinajstić information content (AvgIpc) is 2.81. The van der Waals surface area contributed by atoms with Crippen LogP contribution in [-0.2, 0) is 14.8 Å². The number of aryl methyl sites for hydroxylation is 3. The number of sulfonamides is 1. The Morgan fingerprint density at radius 2 is 1.71 bits per heavy atom. The van der Waals surface area contributed by atoms with Crippen molar-refractivity contribution in [2.75, 3.05) is 10.8 Å². The van der Waals surface area contributed by atoms with E-state index in [9.17, 15) is 13.2 Å². The lowest BCUT2D eigenvalue weighted by Gasteiger charge is -2.35. The molecule has 2 atom stereocenters. The molecule has 8 heteroatoms. The van der Waals surface area contributed by atoms with Gasteiger partial charge in [-0.15, -0.1) is 0 Å². The van der Waals surface area contributed by atoms with Crippen LogP contribution < -0.4 is 14.4 Å². The predicted octanol–water partition coefficient (Wildman–Crippen LogP) is 5.10. The molecule has 2 unspecified atom stereocenters. The normalized spacial score (nSPS) is 16.4. The number of hydrogen-bond acceptors (Lipinski definition) is 4. The highest BCUT2D eigenvalue weighted by atomic mass is 35.5. The number of nitrogens with one attached hydrogen (secondary N) is 1. The maximum atomic E-state index is 13.5. The third-order valence-electron chi connectivity index (χ3n) is 6.12. The van der Waals surface area contributed by atoms with Gasteiger partial charge in [-0.2, -0.15) is 0 Å². The zero-order valence-electron chi connectivity index (χ0n) is 19.5. The molecule has 0 saturated heterocycles. The van der Waals surface area contributed by atoms with Gasteiger partial charge in [0.1, 0.15) is 5.75 Å². The van der Waals surface area contributed by atoms with Gasteiger partial charge in [-0.05, 0) is 80.3 Å². The Hall–Kier alpha value is -3.03. The van der Waals surface area contributed by atoms with Crippen LogP contribution in [0.3, 0.4) is 0 Å². The molecule has 178 valence electrons. The minimum Gasteiger partial charge on any atom is -0.476 e. The van der Waals surface area contributed by atoms with Gasteiger partial charge in [0.25, 0.3) is 15.9 Å². The van der Waals surface area contributed by atoms with Crippen LogP contribution in [0.5, 0.6) is 5.75 Å². The quantitative estimate of drug-likeness (QED) is 0.531. The number of ether oxygens (including phenoxy) is 1. The smallest absolute Gasteiger partial charge is 0.264 e. The van der Waals surface area contributed by atoms with Crippen molar-refractivity contribution in [3.63, 3.8) is 0 Å². The van der Waals surface area contributed by atoms with Crippen molar-refractivity contribution in [1.29, 1.82) is 0 Å². The van der Waals surface area contributed by atoms with Crippen LogP contribution in [0.25, 0.3) is 0 Å². The summed E-state index contributed by atoms with van der Waals surface area (Å²) in [6.45, 7) is 7.83. The first kappa shape index (κ1) is 24.1. The molecule has 0 bridgehead atoms. The molecule has 0 saturated carbocycles. The van der Waals surface area contributed by atoms with Crippen molar-refractivity contribution >= 4 is 33.2 Å². The van der Waals surface area contributed by atoms with Gasteiger partial charge >= 0.3 is 0 Å². The Labute approximate surface area is 205 Å². The first-order chi connectivity index (χ1) is 16.1. The molecule has 1 amide bonds. The number of benzene rings is 3. The van der Waals surface area contributed by atoms with E-state index in [-0.39, 0.29) is 29.1 Å². The van der Waals surface area contributed by atoms with E-state index >= 15 is 0 Å². The summed E-state index contributed by atoms with van der Waals surface area (Å²) in [6.07, 6.45) is -1.03. The minimum atomic E-state index is -3.94. The Morgan fingerprint density at radius 3 is 2.41 bits per heavy atom. The van der Waals surface area contributed by atoms with Gasteiger partial charge in [0.15, 0.2) is 6.10 Å². The number of anilines is 1. The highest BCUT2D eigenvalue weighted by Crippen LogP contribution is 2.39. The SMILES string of the molecule is Cc1cc(C)c(C(C)NC(=O)C2CN(S(=O)(=O)c3ccccc3)c3cc(Cl)ccc3O2)cc1C. The van der Waals surface area contributed by atoms with E-state index < -0.39 is 16.1 Å². The van der Waals surface area contributed by atoms with Gasteiger partial charge in [0.05, 0.1) is 23.2 Å². The Balaban J connectivity index is 1.64. The number of rotatable bonds is 5. The van der Waals surface area contributed by atoms with Crippen LogP contribution in [0.1, 0.15) is 35.2 Å². The van der Waals surface area contributed by atoms with Crippen LogP contribution in [-0.4, -0.2) is 27.0 Å². The Bertz CT molecular complexity index is 1340. The second-order valence-corrected chi connectivity index (χ2v) is 10.9. The zero-order valence-corrected chi connectivity index (χ0v) is 21.1. The highest BCUT2D eigenvalue weighted by Gasteiger charge is 2.38. The molecule has 1 aliphatic rings. The molecule has 34 heavy (non-hydrogen) atoms. The highest BCUT2D eigenvalue weighted by molar-refractivity contribution is 7.92. The third kappa shape index (κ3) is 4.63. The topological polar surface area (TPSA) is 75.7 Å². The fraction of sp³-hybridized carbons (Fsp3) is 0.269. The Kier molecular flexibility index (Phi) is 6.60. The number of nitrogens with zero attached hydrogens (tertiary/aromatic N) is 1. The first-order valence-electron chi connectivity index (χ1n) is 11.0. The molecule has 0 fully saturated rings. The van der Waals surface area contributed by atoms with Crippen LogP contribution in [0.15, 0.2) is 65.6 Å².